The van der Waals surface area contributed by atoms with Crippen LogP contribution < -0.4 is 0 Å². The minimum atomic E-state index is 0.595. The molecule has 12 aromatic rings. The van der Waals surface area contributed by atoms with Gasteiger partial charge in [0.1, 0.15) is 15.9 Å². The maximum absolute atomic E-state index is 5.01. The average Bonchev–Trinajstić information content (AvgIpc) is 4.09. The number of hydrogen-bond acceptors (Lipinski definition) is 16. The van der Waals surface area contributed by atoms with Gasteiger partial charge in [0.05, 0.1) is 37.0 Å². The maximum Gasteiger partial charge on any atom is 0.246 e. The van der Waals surface area contributed by atoms with Crippen molar-refractivity contribution >= 4 is 98.5 Å². The van der Waals surface area contributed by atoms with Crippen LogP contribution >= 0.6 is 34.0 Å². The molecule has 10 aromatic heterocycles. The second-order valence-corrected chi connectivity index (χ2v) is 13.0. The van der Waals surface area contributed by atoms with Crippen LogP contribution in [0.5, 0.6) is 0 Å². The predicted octanol–water partition coefficient (Wildman–Crippen LogP) is 9.95. The lowest BCUT2D eigenvalue weighted by molar-refractivity contribution is 0.590. The Labute approximate surface area is 317 Å². The zero-order valence-electron chi connectivity index (χ0n) is 27.9. The van der Waals surface area contributed by atoms with E-state index in [2.05, 4.69) is 55.9 Å². The first-order valence-corrected chi connectivity index (χ1v) is 18.6. The van der Waals surface area contributed by atoms with Crippen molar-refractivity contribution in [2.75, 3.05) is 0 Å². The molecule has 264 valence electrons. The minimum absolute atomic E-state index is 0.595. The molecular weight excluding hydrogens is 741 g/mol. The van der Waals surface area contributed by atoms with E-state index in [1.165, 1.54) is 23.9 Å². The number of nitrogens with zero attached hydrogens (tertiary/aromatic N) is 10. The minimum Gasteiger partial charge on any atom is -0.443 e. The van der Waals surface area contributed by atoms with Crippen molar-refractivity contribution in [2.45, 2.75) is 0 Å². The van der Waals surface area contributed by atoms with Crippen LogP contribution in [0.15, 0.2) is 171 Å². The molecule has 0 radical (unpaired) electrons. The summed E-state index contributed by atoms with van der Waals surface area (Å²) in [4.78, 5) is 40.9. The maximum atomic E-state index is 5.01. The van der Waals surface area contributed by atoms with Crippen molar-refractivity contribution in [3.8, 4) is 0 Å². The topological polar surface area (TPSA) is 168 Å². The Bertz CT molecular complexity index is 2220. The smallest absolute Gasteiger partial charge is 0.246 e. The quantitative estimate of drug-likeness (QED) is 0.143. The van der Waals surface area contributed by atoms with E-state index in [1.807, 2.05) is 96.5 Å². The first-order valence-electron chi connectivity index (χ1n) is 15.9. The number of thiazole rings is 3. The summed E-state index contributed by atoms with van der Waals surface area (Å²) in [7, 11) is 0. The van der Waals surface area contributed by atoms with Crippen LogP contribution in [0.4, 0.5) is 0 Å². The van der Waals surface area contributed by atoms with E-state index in [1.54, 1.807) is 69.8 Å². The molecule has 16 heteroatoms. The first-order chi connectivity index (χ1) is 26.8. The van der Waals surface area contributed by atoms with Crippen LogP contribution in [-0.2, 0) is 0 Å². The SMILES string of the molecule is c1ccc2ocnc2c1.c1ccc2scnc2c1.c1cnc2ncoc2c1.c1cnc2ncsc2c1.c1cnc2ocnc2c1.c1cnc2scnc2c1. The molecule has 2 aromatic carbocycles. The van der Waals surface area contributed by atoms with Crippen LogP contribution in [0.25, 0.3) is 64.5 Å². The Morgan fingerprint density at radius 3 is 1.76 bits per heavy atom. The van der Waals surface area contributed by atoms with Crippen LogP contribution in [0.2, 0.25) is 0 Å². The highest BCUT2D eigenvalue weighted by molar-refractivity contribution is 7.17. The van der Waals surface area contributed by atoms with Gasteiger partial charge in [-0.2, -0.15) is 4.98 Å². The lowest BCUT2D eigenvalue weighted by Crippen LogP contribution is -1.70. The summed E-state index contributed by atoms with van der Waals surface area (Å²) >= 11 is 4.85. The van der Waals surface area contributed by atoms with Gasteiger partial charge >= 0.3 is 0 Å². The Morgan fingerprint density at radius 2 is 0.926 bits per heavy atom. The highest BCUT2D eigenvalue weighted by Gasteiger charge is 1.95. The van der Waals surface area contributed by atoms with Gasteiger partial charge < -0.3 is 13.3 Å². The molecule has 13 nitrogen and oxygen atoms in total. The van der Waals surface area contributed by atoms with Gasteiger partial charge in [0.2, 0.25) is 5.71 Å². The largest absolute Gasteiger partial charge is 0.443 e. The fourth-order valence-electron chi connectivity index (χ4n) is 4.42. The highest BCUT2D eigenvalue weighted by atomic mass is 32.1. The zero-order valence-corrected chi connectivity index (χ0v) is 30.4. The number of para-hydroxylation sites is 3. The van der Waals surface area contributed by atoms with E-state index in [0.29, 0.717) is 11.4 Å². The molecule has 0 bridgehead atoms. The number of aromatic nitrogens is 10. The standard InChI is InChI=1S/C7H5NO.C7H5NS.2C6H4N2O.2C6H4N2S/c2*1-2-4-7-6(3-1)8-5-9-7;1-2-5-6(7-3-1)8-4-9-5;1-2-5-6(7-3-1)9-4-8-5;1-2-5-6(7-3-1)8-4-9-5;1-2-5-6(7-3-1)9-4-8-5/h2*1-5H;4*1-4H. The van der Waals surface area contributed by atoms with Crippen LogP contribution in [0, 0.1) is 0 Å². The average molecular weight is 767 g/mol. The molecule has 54 heavy (non-hydrogen) atoms. The van der Waals surface area contributed by atoms with E-state index < -0.39 is 0 Å². The van der Waals surface area contributed by atoms with Gasteiger partial charge in [0.25, 0.3) is 0 Å². The van der Waals surface area contributed by atoms with Crippen molar-refractivity contribution in [1.82, 2.24) is 49.8 Å². The summed E-state index contributed by atoms with van der Waals surface area (Å²) in [5, 5.41) is 0. The third-order valence-electron chi connectivity index (χ3n) is 6.90. The predicted molar refractivity (Wildman–Crippen MR) is 212 cm³/mol. The van der Waals surface area contributed by atoms with E-state index in [-0.39, 0.29) is 0 Å². The molecule has 0 N–H and O–H groups in total. The summed E-state index contributed by atoms with van der Waals surface area (Å²) < 4.78 is 17.3. The summed E-state index contributed by atoms with van der Waals surface area (Å²) in [6.45, 7) is 0. The number of rotatable bonds is 0. The molecule has 0 fully saturated rings. The number of fused-ring (bicyclic) bond motifs is 6. The molecule has 0 unspecified atom stereocenters. The van der Waals surface area contributed by atoms with Gasteiger partial charge in [0.15, 0.2) is 41.6 Å². The summed E-state index contributed by atoms with van der Waals surface area (Å²) in [6, 6.07) is 30.9. The number of pyridine rings is 4. The van der Waals surface area contributed by atoms with Gasteiger partial charge in [-0.3, -0.25) is 0 Å². The van der Waals surface area contributed by atoms with E-state index in [4.69, 9.17) is 13.3 Å². The van der Waals surface area contributed by atoms with E-state index in [9.17, 15) is 0 Å². The van der Waals surface area contributed by atoms with Crippen molar-refractivity contribution < 1.29 is 13.3 Å². The Hall–Kier alpha value is -6.88. The molecule has 0 spiro atoms. The monoisotopic (exact) mass is 766 g/mol. The molecular formula is C38H26N10O3S3. The van der Waals surface area contributed by atoms with E-state index >= 15 is 0 Å². The fraction of sp³-hybridized carbons (Fsp3) is 0. The van der Waals surface area contributed by atoms with Crippen molar-refractivity contribution in [3.05, 3.63) is 158 Å². The zero-order chi connectivity index (χ0) is 36.6. The summed E-state index contributed by atoms with van der Waals surface area (Å²) in [6.07, 6.45) is 11.1. The third kappa shape index (κ3) is 9.71. The molecule has 0 aliphatic heterocycles. The van der Waals surface area contributed by atoms with Crippen LogP contribution in [0.3, 0.4) is 0 Å². The molecule has 10 heterocycles. The fourth-order valence-corrected chi connectivity index (χ4v) is 6.37. The Balaban J connectivity index is 0.0000001000. The van der Waals surface area contributed by atoms with Gasteiger partial charge in [-0.05, 0) is 72.8 Å². The lowest BCUT2D eigenvalue weighted by Gasteiger charge is -1.80. The second-order valence-electron chi connectivity index (χ2n) is 10.4. The van der Waals surface area contributed by atoms with Crippen molar-refractivity contribution in [2.24, 2.45) is 0 Å². The molecule has 0 aliphatic rings. The molecule has 0 saturated heterocycles. The number of hydrogen-bond donors (Lipinski definition) is 0. The van der Waals surface area contributed by atoms with Crippen molar-refractivity contribution in [1.29, 1.82) is 0 Å². The molecule has 0 aliphatic carbocycles. The normalized spacial score (nSPS) is 10.2. The second kappa shape index (κ2) is 18.6. The first kappa shape index (κ1) is 35.5. The van der Waals surface area contributed by atoms with Crippen LogP contribution in [0.1, 0.15) is 0 Å². The van der Waals surface area contributed by atoms with Gasteiger partial charge in [-0.25, -0.2) is 44.9 Å². The highest BCUT2D eigenvalue weighted by Crippen LogP contribution is 2.16. The van der Waals surface area contributed by atoms with Gasteiger partial charge in [-0.15, -0.1) is 34.0 Å². The summed E-state index contributed by atoms with van der Waals surface area (Å²) in [5.41, 5.74) is 13.0. The van der Waals surface area contributed by atoms with Crippen LogP contribution in [-0.4, -0.2) is 49.8 Å². The lowest BCUT2D eigenvalue weighted by atomic mass is 10.3. The molecule has 0 saturated carbocycles. The molecule has 0 amide bonds. The Morgan fingerprint density at radius 1 is 0.352 bits per heavy atom. The number of benzene rings is 2. The van der Waals surface area contributed by atoms with Gasteiger partial charge in [0, 0.05) is 24.8 Å². The molecule has 0 atom stereocenters. The Kier molecular flexibility index (Phi) is 12.2. The molecule has 12 rings (SSSR count). The number of oxazole rings is 3. The van der Waals surface area contributed by atoms with Crippen molar-refractivity contribution in [3.63, 3.8) is 0 Å². The third-order valence-corrected chi connectivity index (χ3v) is 9.24. The van der Waals surface area contributed by atoms with Gasteiger partial charge in [-0.1, -0.05) is 24.3 Å². The summed E-state index contributed by atoms with van der Waals surface area (Å²) in [5.74, 6) is 0. The van der Waals surface area contributed by atoms with E-state index in [0.717, 1.165) is 48.4 Å².